The topological polar surface area (TPSA) is 70.7 Å². The fourth-order valence-electron chi connectivity index (χ4n) is 1.88. The number of hydrogen-bond donors (Lipinski definition) is 2. The number of carbonyl (C=O) groups excluding carboxylic acids is 2. The molecule has 0 unspecified atom stereocenters. The van der Waals surface area contributed by atoms with Gasteiger partial charge in [-0.2, -0.15) is 0 Å². The lowest BCUT2D eigenvalue weighted by molar-refractivity contribution is -0.125. The van der Waals surface area contributed by atoms with Gasteiger partial charge in [-0.1, -0.05) is 12.1 Å². The van der Waals surface area contributed by atoms with Crippen LogP contribution in [0, 0.1) is 6.92 Å². The molecule has 1 aromatic carbocycles. The van der Waals surface area contributed by atoms with Crippen LogP contribution >= 0.6 is 0 Å². The minimum absolute atomic E-state index is 0.130. The first-order valence-electron chi connectivity index (χ1n) is 7.27. The number of benzene rings is 1. The maximum absolute atomic E-state index is 12.2. The third-order valence-corrected chi connectivity index (χ3v) is 3.35. The third-order valence-electron chi connectivity index (χ3n) is 3.35. The van der Waals surface area contributed by atoms with Crippen molar-refractivity contribution in [2.24, 2.45) is 0 Å². The van der Waals surface area contributed by atoms with Crippen molar-refractivity contribution in [1.29, 1.82) is 0 Å². The second-order valence-electron chi connectivity index (χ2n) is 5.29. The van der Waals surface area contributed by atoms with E-state index in [1.54, 1.807) is 26.0 Å². The molecule has 2 amide bonds. The smallest absolute Gasteiger partial charge is 0.241 e. The number of carbonyl (C=O) groups is 2. The van der Waals surface area contributed by atoms with Gasteiger partial charge in [0.25, 0.3) is 0 Å². The molecule has 6 nitrogen and oxygen atoms in total. The standard InChI is InChI=1S/C16H25N3O3/c1-12-6-5-7-14(10-12)18-16(21)13(2)19(3)11-15(20)17-8-9-22-4/h5-7,10,13H,8-9,11H2,1-4H3,(H,17,20)(H,18,21)/t13-/m0/s1. The Kier molecular flexibility index (Phi) is 7.56. The minimum Gasteiger partial charge on any atom is -0.383 e. The molecule has 0 spiro atoms. The van der Waals surface area contributed by atoms with Crippen molar-refractivity contribution in [2.45, 2.75) is 19.9 Å². The fourth-order valence-corrected chi connectivity index (χ4v) is 1.88. The van der Waals surface area contributed by atoms with Gasteiger partial charge in [0.05, 0.1) is 19.2 Å². The van der Waals surface area contributed by atoms with Gasteiger partial charge < -0.3 is 15.4 Å². The first kappa shape index (κ1) is 18.1. The van der Waals surface area contributed by atoms with Crippen molar-refractivity contribution in [1.82, 2.24) is 10.2 Å². The SMILES string of the molecule is COCCNC(=O)CN(C)[C@@H](C)C(=O)Nc1cccc(C)c1. The highest BCUT2D eigenvalue weighted by Crippen LogP contribution is 2.10. The molecule has 1 aromatic rings. The van der Waals surface area contributed by atoms with Crippen LogP contribution in [0.5, 0.6) is 0 Å². The van der Waals surface area contributed by atoms with Gasteiger partial charge in [0.2, 0.25) is 11.8 Å². The van der Waals surface area contributed by atoms with E-state index in [1.807, 2.05) is 31.2 Å². The zero-order valence-electron chi connectivity index (χ0n) is 13.7. The molecule has 22 heavy (non-hydrogen) atoms. The predicted molar refractivity (Wildman–Crippen MR) is 86.8 cm³/mol. The van der Waals surface area contributed by atoms with Crippen LogP contribution in [-0.2, 0) is 14.3 Å². The average Bonchev–Trinajstić information content (AvgIpc) is 2.46. The number of nitrogens with one attached hydrogen (secondary N) is 2. The molecule has 0 aliphatic carbocycles. The zero-order chi connectivity index (χ0) is 16.5. The Labute approximate surface area is 131 Å². The number of amides is 2. The lowest BCUT2D eigenvalue weighted by Crippen LogP contribution is -2.45. The molecule has 6 heteroatoms. The van der Waals surface area contributed by atoms with Gasteiger partial charge >= 0.3 is 0 Å². The zero-order valence-corrected chi connectivity index (χ0v) is 13.7. The minimum atomic E-state index is -0.409. The molecule has 2 N–H and O–H groups in total. The van der Waals surface area contributed by atoms with Crippen molar-refractivity contribution >= 4 is 17.5 Å². The quantitative estimate of drug-likeness (QED) is 0.703. The normalized spacial score (nSPS) is 12.0. The Morgan fingerprint density at radius 3 is 2.73 bits per heavy atom. The van der Waals surface area contributed by atoms with E-state index in [2.05, 4.69) is 10.6 Å². The Morgan fingerprint density at radius 1 is 1.36 bits per heavy atom. The number of methoxy groups -OCH3 is 1. The van der Waals surface area contributed by atoms with Crippen LogP contribution in [0.3, 0.4) is 0 Å². The molecule has 1 atom stereocenters. The van der Waals surface area contributed by atoms with Gasteiger partial charge in [0.1, 0.15) is 0 Å². The third kappa shape index (κ3) is 6.24. The Hall–Kier alpha value is -1.92. The van der Waals surface area contributed by atoms with E-state index < -0.39 is 6.04 Å². The molecule has 0 saturated carbocycles. The van der Waals surface area contributed by atoms with Crippen molar-refractivity contribution in [3.63, 3.8) is 0 Å². The van der Waals surface area contributed by atoms with Crippen LogP contribution < -0.4 is 10.6 Å². The first-order valence-corrected chi connectivity index (χ1v) is 7.27. The fraction of sp³-hybridized carbons (Fsp3) is 0.500. The van der Waals surface area contributed by atoms with E-state index in [0.29, 0.717) is 13.2 Å². The summed E-state index contributed by atoms with van der Waals surface area (Å²) in [6.07, 6.45) is 0. The van der Waals surface area contributed by atoms with Crippen LogP contribution in [-0.4, -0.2) is 56.6 Å². The molecule has 0 aliphatic rings. The molecule has 0 saturated heterocycles. The first-order chi connectivity index (χ1) is 10.4. The van der Waals surface area contributed by atoms with Crippen molar-refractivity contribution < 1.29 is 14.3 Å². The summed E-state index contributed by atoms with van der Waals surface area (Å²) in [6, 6.07) is 7.20. The molecule has 0 radical (unpaired) electrons. The van der Waals surface area contributed by atoms with E-state index >= 15 is 0 Å². The highest BCUT2D eigenvalue weighted by molar-refractivity contribution is 5.95. The van der Waals surface area contributed by atoms with E-state index in [9.17, 15) is 9.59 Å². The van der Waals surface area contributed by atoms with Gasteiger partial charge in [-0.05, 0) is 38.6 Å². The summed E-state index contributed by atoms with van der Waals surface area (Å²) < 4.78 is 4.87. The van der Waals surface area contributed by atoms with Crippen LogP contribution in [0.2, 0.25) is 0 Å². The molecule has 0 heterocycles. The number of anilines is 1. The molecule has 0 bridgehead atoms. The second kappa shape index (κ2) is 9.17. The van der Waals surface area contributed by atoms with Gasteiger partial charge in [-0.15, -0.1) is 0 Å². The van der Waals surface area contributed by atoms with Gasteiger partial charge in [0, 0.05) is 19.3 Å². The molecule has 122 valence electrons. The molecule has 0 fully saturated rings. The summed E-state index contributed by atoms with van der Waals surface area (Å²) in [4.78, 5) is 25.6. The summed E-state index contributed by atoms with van der Waals surface area (Å²) in [5.41, 5.74) is 1.84. The maximum Gasteiger partial charge on any atom is 0.241 e. The summed E-state index contributed by atoms with van der Waals surface area (Å²) in [7, 11) is 3.33. The van der Waals surface area contributed by atoms with Crippen molar-refractivity contribution in [3.05, 3.63) is 29.8 Å². The summed E-state index contributed by atoms with van der Waals surface area (Å²) in [5, 5.41) is 5.58. The largest absolute Gasteiger partial charge is 0.383 e. The van der Waals surface area contributed by atoms with E-state index in [0.717, 1.165) is 11.3 Å². The molecular weight excluding hydrogens is 282 g/mol. The number of rotatable bonds is 8. The Balaban J connectivity index is 2.46. The van der Waals surface area contributed by atoms with Crippen molar-refractivity contribution in [2.75, 3.05) is 39.2 Å². The van der Waals surface area contributed by atoms with E-state index in [1.165, 1.54) is 0 Å². The summed E-state index contributed by atoms with van der Waals surface area (Å²) in [6.45, 7) is 4.83. The molecular formula is C16H25N3O3. The summed E-state index contributed by atoms with van der Waals surface area (Å²) >= 11 is 0. The van der Waals surface area contributed by atoms with Crippen LogP contribution in [0.25, 0.3) is 0 Å². The van der Waals surface area contributed by atoms with Gasteiger partial charge in [-0.25, -0.2) is 0 Å². The van der Waals surface area contributed by atoms with Crippen LogP contribution in [0.4, 0.5) is 5.69 Å². The second-order valence-corrected chi connectivity index (χ2v) is 5.29. The monoisotopic (exact) mass is 307 g/mol. The van der Waals surface area contributed by atoms with Crippen LogP contribution in [0.1, 0.15) is 12.5 Å². The lowest BCUT2D eigenvalue weighted by atomic mass is 10.2. The van der Waals surface area contributed by atoms with Crippen molar-refractivity contribution in [3.8, 4) is 0 Å². The van der Waals surface area contributed by atoms with Gasteiger partial charge in [0.15, 0.2) is 0 Å². The highest BCUT2D eigenvalue weighted by atomic mass is 16.5. The average molecular weight is 307 g/mol. The number of ether oxygens (including phenoxy) is 1. The lowest BCUT2D eigenvalue weighted by Gasteiger charge is -2.23. The molecule has 0 aromatic heterocycles. The maximum atomic E-state index is 12.2. The number of likely N-dealkylation sites (N-methyl/N-ethyl adjacent to an activating group) is 1. The highest BCUT2D eigenvalue weighted by Gasteiger charge is 2.20. The Bertz CT molecular complexity index is 505. The molecule has 0 aliphatic heterocycles. The van der Waals surface area contributed by atoms with Gasteiger partial charge in [-0.3, -0.25) is 14.5 Å². The predicted octanol–water partition coefficient (Wildman–Crippen LogP) is 1.02. The number of hydrogen-bond acceptors (Lipinski definition) is 4. The Morgan fingerprint density at radius 2 is 2.09 bits per heavy atom. The molecule has 1 rings (SSSR count). The van der Waals surface area contributed by atoms with E-state index in [4.69, 9.17) is 4.74 Å². The number of aryl methyl sites for hydroxylation is 1. The van der Waals surface area contributed by atoms with Crippen LogP contribution in [0.15, 0.2) is 24.3 Å². The van der Waals surface area contributed by atoms with E-state index in [-0.39, 0.29) is 18.4 Å². The summed E-state index contributed by atoms with van der Waals surface area (Å²) in [5.74, 6) is -0.271. The number of nitrogens with zero attached hydrogens (tertiary/aromatic N) is 1.